The minimum absolute atomic E-state index is 0. The third-order valence-electron chi connectivity index (χ3n) is 0.400. The van der Waals surface area contributed by atoms with Gasteiger partial charge in [0.1, 0.15) is 19.0 Å². The van der Waals surface area contributed by atoms with E-state index in [1.807, 2.05) is 0 Å². The molecule has 1 aromatic heterocycles. The van der Waals surface area contributed by atoms with Gasteiger partial charge in [0.05, 0.1) is 8.41 Å². The molecule has 1 heterocycles. The molecule has 0 saturated heterocycles. The van der Waals surface area contributed by atoms with Crippen molar-refractivity contribution in [3.05, 3.63) is 19.0 Å². The van der Waals surface area contributed by atoms with Gasteiger partial charge < -0.3 is 0 Å². The van der Waals surface area contributed by atoms with Gasteiger partial charge in [0.2, 0.25) is 0 Å². The summed E-state index contributed by atoms with van der Waals surface area (Å²) in [6, 6.07) is 0. The van der Waals surface area contributed by atoms with E-state index in [1.165, 1.54) is 19.0 Å². The van der Waals surface area contributed by atoms with Gasteiger partial charge in [0.15, 0.2) is 0 Å². The van der Waals surface area contributed by atoms with E-state index >= 15 is 0 Å². The Morgan fingerprint density at radius 3 is 1.14 bits per heavy atom. The highest BCUT2D eigenvalue weighted by atomic mass is 14.9. The molecule has 3 nitrogen and oxygen atoms in total. The maximum atomic E-state index is 3.56. The van der Waals surface area contributed by atoms with Crippen LogP contribution in [0.5, 0.6) is 0 Å². The van der Waals surface area contributed by atoms with Crippen molar-refractivity contribution in [2.75, 3.05) is 0 Å². The Hall–Kier alpha value is -0.925. The lowest BCUT2D eigenvalue weighted by Gasteiger charge is -1.69. The molecule has 0 atom stereocenters. The van der Waals surface area contributed by atoms with Crippen molar-refractivity contribution >= 4 is 8.41 Å². The van der Waals surface area contributed by atoms with Gasteiger partial charge in [0.25, 0.3) is 0 Å². The molecule has 0 radical (unpaired) electrons. The van der Waals surface area contributed by atoms with Crippen molar-refractivity contribution in [2.45, 2.75) is 0 Å². The van der Waals surface area contributed by atoms with Crippen LogP contribution in [0, 0.1) is 0 Å². The van der Waals surface area contributed by atoms with Gasteiger partial charge in [-0.1, -0.05) is 0 Å². The highest BCUT2D eigenvalue weighted by Gasteiger charge is 1.59. The molecular formula is C3H6BN3. The number of nitrogens with zero attached hydrogens (tertiary/aromatic N) is 3. The van der Waals surface area contributed by atoms with Crippen LogP contribution in [0.25, 0.3) is 0 Å². The van der Waals surface area contributed by atoms with Crippen LogP contribution in [0.2, 0.25) is 0 Å². The summed E-state index contributed by atoms with van der Waals surface area (Å²) < 4.78 is 0. The van der Waals surface area contributed by atoms with Crippen molar-refractivity contribution < 1.29 is 0 Å². The third kappa shape index (κ3) is 1.86. The fourth-order valence-electron chi connectivity index (χ4n) is 0.205. The summed E-state index contributed by atoms with van der Waals surface area (Å²) in [5.41, 5.74) is 0. The molecule has 0 spiro atoms. The summed E-state index contributed by atoms with van der Waals surface area (Å²) in [7, 11) is 0. The maximum Gasteiger partial charge on any atom is 0.119 e. The molecule has 1 aromatic rings. The maximum absolute atomic E-state index is 3.56. The van der Waals surface area contributed by atoms with Crippen LogP contribution in [0.15, 0.2) is 19.0 Å². The molecule has 4 heteroatoms. The number of aromatic nitrogens is 3. The molecule has 7 heavy (non-hydrogen) atoms. The number of hydrogen-bond acceptors (Lipinski definition) is 3. The molecule has 0 aliphatic heterocycles. The van der Waals surface area contributed by atoms with E-state index in [0.29, 0.717) is 0 Å². The first-order chi connectivity index (χ1) is 3.00. The summed E-state index contributed by atoms with van der Waals surface area (Å²) in [6.07, 6.45) is 4.31. The Bertz CT molecular complexity index is 82.1. The lowest BCUT2D eigenvalue weighted by atomic mass is 10.8. The summed E-state index contributed by atoms with van der Waals surface area (Å²) >= 11 is 0. The Morgan fingerprint density at radius 2 is 1.00 bits per heavy atom. The van der Waals surface area contributed by atoms with Gasteiger partial charge in [-0.3, -0.25) is 0 Å². The van der Waals surface area contributed by atoms with Gasteiger partial charge in [-0.2, -0.15) is 0 Å². The minimum atomic E-state index is 0. The SMILES string of the molecule is B.c1ncncn1. The average Bonchev–Trinajstić information content (AvgIpc) is 1.72. The predicted molar refractivity (Wildman–Crippen MR) is 29.8 cm³/mol. The average molecular weight is 94.9 g/mol. The fourth-order valence-corrected chi connectivity index (χ4v) is 0.205. The minimum Gasteiger partial charge on any atom is -0.225 e. The molecule has 0 saturated carbocycles. The van der Waals surface area contributed by atoms with E-state index in [0.717, 1.165) is 0 Å². The second-order valence-electron chi connectivity index (χ2n) is 0.794. The second kappa shape index (κ2) is 3.27. The smallest absolute Gasteiger partial charge is 0.119 e. The van der Waals surface area contributed by atoms with E-state index in [1.54, 1.807) is 0 Å². The summed E-state index contributed by atoms with van der Waals surface area (Å²) in [5.74, 6) is 0. The van der Waals surface area contributed by atoms with Crippen LogP contribution in [0.1, 0.15) is 0 Å². The first kappa shape index (κ1) is 6.07. The molecular weight excluding hydrogens is 88.9 g/mol. The monoisotopic (exact) mass is 95.1 g/mol. The van der Waals surface area contributed by atoms with Crippen LogP contribution >= 0.6 is 0 Å². The number of hydrogen-bond donors (Lipinski definition) is 0. The van der Waals surface area contributed by atoms with Gasteiger partial charge >= 0.3 is 0 Å². The van der Waals surface area contributed by atoms with E-state index in [4.69, 9.17) is 0 Å². The van der Waals surface area contributed by atoms with E-state index < -0.39 is 0 Å². The zero-order valence-electron chi connectivity index (χ0n) is 3.07. The quantitative estimate of drug-likeness (QED) is 0.375. The van der Waals surface area contributed by atoms with Crippen LogP contribution in [-0.2, 0) is 0 Å². The molecule has 0 bridgehead atoms. The van der Waals surface area contributed by atoms with E-state index in [9.17, 15) is 0 Å². The van der Waals surface area contributed by atoms with Crippen LogP contribution in [0.3, 0.4) is 0 Å². The van der Waals surface area contributed by atoms with Gasteiger partial charge in [-0.15, -0.1) is 0 Å². The van der Waals surface area contributed by atoms with Gasteiger partial charge in [0, 0.05) is 0 Å². The third-order valence-corrected chi connectivity index (χ3v) is 0.400. The summed E-state index contributed by atoms with van der Waals surface area (Å²) in [5, 5.41) is 0. The standard InChI is InChI=1S/C3H3N3.BH3/c1-4-2-6-3-5-1;/h1-3H;1H3. The molecule has 0 N–H and O–H groups in total. The van der Waals surface area contributed by atoms with Crippen molar-refractivity contribution in [2.24, 2.45) is 0 Å². The Kier molecular flexibility index (Phi) is 2.84. The lowest BCUT2D eigenvalue weighted by molar-refractivity contribution is 1.05. The van der Waals surface area contributed by atoms with Crippen LogP contribution in [-0.4, -0.2) is 23.4 Å². The molecule has 0 aliphatic rings. The molecule has 0 aliphatic carbocycles. The molecule has 36 valence electrons. The van der Waals surface area contributed by atoms with Gasteiger partial charge in [-0.05, 0) is 0 Å². The fraction of sp³-hybridized carbons (Fsp3) is 0. The summed E-state index contributed by atoms with van der Waals surface area (Å²) in [6.45, 7) is 0. The van der Waals surface area contributed by atoms with E-state index in [2.05, 4.69) is 15.0 Å². The van der Waals surface area contributed by atoms with Crippen molar-refractivity contribution in [1.29, 1.82) is 0 Å². The zero-order valence-corrected chi connectivity index (χ0v) is 3.07. The molecule has 0 fully saturated rings. The number of rotatable bonds is 0. The normalized spacial score (nSPS) is 6.86. The molecule has 1 rings (SSSR count). The lowest BCUT2D eigenvalue weighted by Crippen LogP contribution is -1.73. The zero-order chi connectivity index (χ0) is 4.24. The highest BCUT2D eigenvalue weighted by molar-refractivity contribution is 5.75. The Morgan fingerprint density at radius 1 is 0.714 bits per heavy atom. The largest absolute Gasteiger partial charge is 0.225 e. The first-order valence-corrected chi connectivity index (χ1v) is 1.55. The van der Waals surface area contributed by atoms with Crippen molar-refractivity contribution in [3.8, 4) is 0 Å². The van der Waals surface area contributed by atoms with Crippen LogP contribution in [0.4, 0.5) is 0 Å². The van der Waals surface area contributed by atoms with Crippen molar-refractivity contribution in [1.82, 2.24) is 15.0 Å². The van der Waals surface area contributed by atoms with Crippen molar-refractivity contribution in [3.63, 3.8) is 0 Å². The van der Waals surface area contributed by atoms with E-state index in [-0.39, 0.29) is 8.41 Å². The van der Waals surface area contributed by atoms with Gasteiger partial charge in [-0.25, -0.2) is 15.0 Å². The first-order valence-electron chi connectivity index (χ1n) is 1.55. The second-order valence-corrected chi connectivity index (χ2v) is 0.794. The summed E-state index contributed by atoms with van der Waals surface area (Å²) in [4.78, 5) is 10.7. The Labute approximate surface area is 43.4 Å². The molecule has 0 amide bonds. The molecule has 0 unspecified atom stereocenters. The Balaban J connectivity index is 0.000000360. The van der Waals surface area contributed by atoms with Crippen LogP contribution < -0.4 is 0 Å². The predicted octanol–water partition coefficient (Wildman–Crippen LogP) is -1.31. The molecule has 0 aromatic carbocycles. The highest BCUT2D eigenvalue weighted by Crippen LogP contribution is 1.57. The topological polar surface area (TPSA) is 38.7 Å².